The Labute approximate surface area is 152 Å². The summed E-state index contributed by atoms with van der Waals surface area (Å²) in [5.41, 5.74) is 0.0100. The van der Waals surface area contributed by atoms with Gasteiger partial charge < -0.3 is 9.47 Å². The van der Waals surface area contributed by atoms with Gasteiger partial charge in [0.2, 0.25) is 4.96 Å². The third kappa shape index (κ3) is 4.23. The molecule has 0 atom stereocenters. The second kappa shape index (κ2) is 7.61. The van der Waals surface area contributed by atoms with E-state index in [1.807, 2.05) is 13.8 Å². The molecular formula is C17H16FN3O4S. The van der Waals surface area contributed by atoms with Gasteiger partial charge in [-0.05, 0) is 24.3 Å². The zero-order chi connectivity index (χ0) is 18.7. The lowest BCUT2D eigenvalue weighted by atomic mass is 10.2. The molecule has 9 heteroatoms. The van der Waals surface area contributed by atoms with E-state index in [1.165, 1.54) is 46.2 Å². The van der Waals surface area contributed by atoms with Crippen molar-refractivity contribution in [1.29, 1.82) is 0 Å². The molecule has 0 aliphatic heterocycles. The first-order valence-electron chi connectivity index (χ1n) is 7.86. The molecule has 3 aromatic rings. The highest BCUT2D eigenvalue weighted by atomic mass is 32.1. The van der Waals surface area contributed by atoms with Crippen molar-refractivity contribution in [1.82, 2.24) is 14.6 Å². The Bertz CT molecular complexity index is 982. The van der Waals surface area contributed by atoms with Gasteiger partial charge in [0.25, 0.3) is 5.56 Å². The molecule has 0 saturated carbocycles. The summed E-state index contributed by atoms with van der Waals surface area (Å²) in [4.78, 5) is 28.6. The van der Waals surface area contributed by atoms with E-state index in [0.717, 1.165) is 5.01 Å². The summed E-state index contributed by atoms with van der Waals surface area (Å²) < 4.78 is 24.3. The highest BCUT2D eigenvalue weighted by molar-refractivity contribution is 7.16. The minimum atomic E-state index is -0.622. The Morgan fingerprint density at radius 2 is 2.04 bits per heavy atom. The summed E-state index contributed by atoms with van der Waals surface area (Å²) in [6.07, 6.45) is 0. The van der Waals surface area contributed by atoms with E-state index in [9.17, 15) is 14.0 Å². The molecule has 3 rings (SSSR count). The molecule has 0 saturated heterocycles. The van der Waals surface area contributed by atoms with E-state index in [0.29, 0.717) is 16.4 Å². The average Bonchev–Trinajstić information content (AvgIpc) is 3.04. The topological polar surface area (TPSA) is 82.8 Å². The predicted octanol–water partition coefficient (Wildman–Crippen LogP) is 2.54. The molecule has 0 bridgehead atoms. The summed E-state index contributed by atoms with van der Waals surface area (Å²) in [6, 6.07) is 6.57. The maximum Gasteiger partial charge on any atom is 0.344 e. The van der Waals surface area contributed by atoms with Gasteiger partial charge in [0.1, 0.15) is 23.2 Å². The number of aromatic nitrogens is 3. The molecule has 0 amide bonds. The standard InChI is InChI=1S/C17H16FN3O4S/c1-10(2)16-20-21-14(22)7-12(19-17(21)26-16)8-25-15(23)9-24-13-5-3-11(18)4-6-13/h3-7,10H,8-9H2,1-2H3. The minimum Gasteiger partial charge on any atom is -0.482 e. The van der Waals surface area contributed by atoms with Crippen LogP contribution in [-0.4, -0.2) is 27.2 Å². The first-order valence-corrected chi connectivity index (χ1v) is 8.67. The third-order valence-electron chi connectivity index (χ3n) is 3.36. The van der Waals surface area contributed by atoms with Crippen LogP contribution in [0.15, 0.2) is 35.1 Å². The van der Waals surface area contributed by atoms with Crippen LogP contribution in [0.2, 0.25) is 0 Å². The lowest BCUT2D eigenvalue weighted by Gasteiger charge is -2.06. The predicted molar refractivity (Wildman–Crippen MR) is 92.9 cm³/mol. The molecule has 1 aromatic carbocycles. The van der Waals surface area contributed by atoms with Gasteiger partial charge in [-0.2, -0.15) is 9.61 Å². The molecule has 136 valence electrons. The Kier molecular flexibility index (Phi) is 5.27. The maximum atomic E-state index is 12.8. The number of halogens is 1. The molecule has 0 N–H and O–H groups in total. The Balaban J connectivity index is 1.61. The number of rotatable bonds is 6. The molecule has 0 spiro atoms. The van der Waals surface area contributed by atoms with Crippen molar-refractivity contribution in [3.63, 3.8) is 0 Å². The Morgan fingerprint density at radius 3 is 2.73 bits per heavy atom. The summed E-state index contributed by atoms with van der Waals surface area (Å²) in [7, 11) is 0. The zero-order valence-electron chi connectivity index (χ0n) is 14.1. The minimum absolute atomic E-state index is 0.147. The Hall–Kier alpha value is -2.81. The largest absolute Gasteiger partial charge is 0.482 e. The van der Waals surface area contributed by atoms with Crippen molar-refractivity contribution in [2.75, 3.05) is 6.61 Å². The van der Waals surface area contributed by atoms with Crippen LogP contribution in [-0.2, 0) is 16.1 Å². The van der Waals surface area contributed by atoms with Crippen molar-refractivity contribution in [3.05, 3.63) is 57.2 Å². The van der Waals surface area contributed by atoms with Crippen molar-refractivity contribution < 1.29 is 18.7 Å². The van der Waals surface area contributed by atoms with Crippen molar-refractivity contribution in [2.45, 2.75) is 26.4 Å². The van der Waals surface area contributed by atoms with Gasteiger partial charge in [-0.1, -0.05) is 25.2 Å². The third-order valence-corrected chi connectivity index (χ3v) is 4.57. The maximum absolute atomic E-state index is 12.8. The average molecular weight is 377 g/mol. The zero-order valence-corrected chi connectivity index (χ0v) is 15.0. The van der Waals surface area contributed by atoms with Crippen LogP contribution in [0.1, 0.15) is 30.5 Å². The second-order valence-corrected chi connectivity index (χ2v) is 6.77. The van der Waals surface area contributed by atoms with E-state index in [2.05, 4.69) is 10.1 Å². The lowest BCUT2D eigenvalue weighted by molar-refractivity contribution is -0.147. The summed E-state index contributed by atoms with van der Waals surface area (Å²) in [6.45, 7) is 3.48. The molecule has 0 aliphatic rings. The molecule has 26 heavy (non-hydrogen) atoms. The molecule has 7 nitrogen and oxygen atoms in total. The molecule has 0 radical (unpaired) electrons. The fraction of sp³-hybridized carbons (Fsp3) is 0.294. The molecular weight excluding hydrogens is 361 g/mol. The fourth-order valence-electron chi connectivity index (χ4n) is 2.05. The highest BCUT2D eigenvalue weighted by Gasteiger charge is 2.12. The van der Waals surface area contributed by atoms with Gasteiger partial charge in [-0.25, -0.2) is 14.2 Å². The quantitative estimate of drug-likeness (QED) is 0.614. The van der Waals surface area contributed by atoms with Gasteiger partial charge in [-0.15, -0.1) is 0 Å². The molecule has 0 unspecified atom stereocenters. The second-order valence-electron chi connectivity index (χ2n) is 5.78. The summed E-state index contributed by atoms with van der Waals surface area (Å²) in [5, 5.41) is 5.03. The van der Waals surface area contributed by atoms with Crippen LogP contribution in [0.4, 0.5) is 4.39 Å². The number of hydrogen-bond acceptors (Lipinski definition) is 7. The van der Waals surface area contributed by atoms with Gasteiger partial charge in [0, 0.05) is 12.0 Å². The number of carbonyl (C=O) groups is 1. The molecule has 0 fully saturated rings. The number of nitrogens with zero attached hydrogens (tertiary/aromatic N) is 3. The van der Waals surface area contributed by atoms with Crippen LogP contribution < -0.4 is 10.3 Å². The lowest BCUT2D eigenvalue weighted by Crippen LogP contribution is -2.18. The number of carbonyl (C=O) groups excluding carboxylic acids is 1. The monoisotopic (exact) mass is 377 g/mol. The van der Waals surface area contributed by atoms with Crippen LogP contribution >= 0.6 is 11.3 Å². The van der Waals surface area contributed by atoms with Crippen LogP contribution in [0.5, 0.6) is 5.75 Å². The summed E-state index contributed by atoms with van der Waals surface area (Å²) in [5.74, 6) is -0.474. The van der Waals surface area contributed by atoms with E-state index in [1.54, 1.807) is 0 Å². The molecule has 2 heterocycles. The number of fused-ring (bicyclic) bond motifs is 1. The summed E-state index contributed by atoms with van der Waals surface area (Å²) >= 11 is 1.32. The van der Waals surface area contributed by atoms with Crippen LogP contribution in [0.3, 0.4) is 0 Å². The van der Waals surface area contributed by atoms with Crippen LogP contribution in [0.25, 0.3) is 4.96 Å². The van der Waals surface area contributed by atoms with Crippen molar-refractivity contribution >= 4 is 22.3 Å². The Morgan fingerprint density at radius 1 is 1.31 bits per heavy atom. The smallest absolute Gasteiger partial charge is 0.344 e. The first-order chi connectivity index (χ1) is 12.4. The number of esters is 1. The highest BCUT2D eigenvalue weighted by Crippen LogP contribution is 2.20. The van der Waals surface area contributed by atoms with Crippen LogP contribution in [0, 0.1) is 5.82 Å². The number of ether oxygens (including phenoxy) is 2. The first kappa shape index (κ1) is 18.0. The van der Waals surface area contributed by atoms with Crippen molar-refractivity contribution in [3.8, 4) is 5.75 Å². The van der Waals surface area contributed by atoms with E-state index in [4.69, 9.17) is 9.47 Å². The van der Waals surface area contributed by atoms with Gasteiger partial charge in [0.05, 0.1) is 5.69 Å². The van der Waals surface area contributed by atoms with Crippen molar-refractivity contribution in [2.24, 2.45) is 0 Å². The van der Waals surface area contributed by atoms with Gasteiger partial charge >= 0.3 is 5.97 Å². The van der Waals surface area contributed by atoms with Gasteiger partial charge in [0.15, 0.2) is 6.61 Å². The van der Waals surface area contributed by atoms with E-state index < -0.39 is 11.8 Å². The SMILES string of the molecule is CC(C)c1nn2c(=O)cc(COC(=O)COc3ccc(F)cc3)nc2s1. The van der Waals surface area contributed by atoms with E-state index in [-0.39, 0.29) is 24.7 Å². The van der Waals surface area contributed by atoms with E-state index >= 15 is 0 Å². The normalized spacial score (nSPS) is 11.1. The van der Waals surface area contributed by atoms with Gasteiger partial charge in [-0.3, -0.25) is 4.79 Å². The molecule has 2 aromatic heterocycles. The number of benzene rings is 1. The fourth-order valence-corrected chi connectivity index (χ4v) is 2.97. The number of hydrogen-bond donors (Lipinski definition) is 0. The molecule has 0 aliphatic carbocycles.